The molecule has 1 heterocycles. The van der Waals surface area contributed by atoms with E-state index in [1.165, 1.54) is 0 Å². The van der Waals surface area contributed by atoms with Crippen molar-refractivity contribution in [3.8, 4) is 0 Å². The van der Waals surface area contributed by atoms with E-state index in [0.717, 1.165) is 0 Å². The molecule has 0 atom stereocenters. The Labute approximate surface area is 70.9 Å². The lowest BCUT2D eigenvalue weighted by molar-refractivity contribution is 0.266. The number of H-pyrrole nitrogens is 1. The molecule has 2 N–H and O–H groups in total. The van der Waals surface area contributed by atoms with Crippen molar-refractivity contribution in [3.05, 3.63) is 10.6 Å². The molecule has 64 valence electrons. The van der Waals surface area contributed by atoms with Gasteiger partial charge in [0.1, 0.15) is 6.61 Å². The molecular formula is C6H13N3OS. The SMILES string of the molecule is CC.Cn1c(CO)n[nH]c1=S. The molecule has 0 aliphatic heterocycles. The molecule has 0 bridgehead atoms. The maximum atomic E-state index is 8.58. The van der Waals surface area contributed by atoms with Gasteiger partial charge in [0.25, 0.3) is 0 Å². The second-order valence-electron chi connectivity index (χ2n) is 1.66. The molecule has 0 unspecified atom stereocenters. The first-order valence-electron chi connectivity index (χ1n) is 3.47. The average Bonchev–Trinajstić information content (AvgIpc) is 2.37. The van der Waals surface area contributed by atoms with Crippen molar-refractivity contribution in [1.82, 2.24) is 14.8 Å². The van der Waals surface area contributed by atoms with Crippen LogP contribution in [0.4, 0.5) is 0 Å². The number of aromatic amines is 1. The summed E-state index contributed by atoms with van der Waals surface area (Å²) >= 11 is 4.77. The van der Waals surface area contributed by atoms with Crippen LogP contribution < -0.4 is 0 Å². The highest BCUT2D eigenvalue weighted by atomic mass is 32.1. The van der Waals surface area contributed by atoms with Crippen molar-refractivity contribution in [2.24, 2.45) is 7.05 Å². The van der Waals surface area contributed by atoms with Crippen LogP contribution >= 0.6 is 12.2 Å². The van der Waals surface area contributed by atoms with Crippen LogP contribution in [-0.2, 0) is 13.7 Å². The van der Waals surface area contributed by atoms with Gasteiger partial charge in [-0.15, -0.1) is 0 Å². The van der Waals surface area contributed by atoms with E-state index in [-0.39, 0.29) is 6.61 Å². The molecule has 0 saturated heterocycles. The Kier molecular flexibility index (Phi) is 4.72. The van der Waals surface area contributed by atoms with E-state index in [2.05, 4.69) is 10.2 Å². The second kappa shape index (κ2) is 5.03. The quantitative estimate of drug-likeness (QED) is 0.626. The molecular weight excluding hydrogens is 162 g/mol. The minimum absolute atomic E-state index is 0.0797. The van der Waals surface area contributed by atoms with Gasteiger partial charge in [-0.05, 0) is 12.2 Å². The van der Waals surface area contributed by atoms with E-state index >= 15 is 0 Å². The fourth-order valence-corrected chi connectivity index (χ4v) is 0.672. The lowest BCUT2D eigenvalue weighted by Gasteiger charge is -1.90. The number of aliphatic hydroxyl groups is 1. The molecule has 11 heavy (non-hydrogen) atoms. The monoisotopic (exact) mass is 175 g/mol. The molecule has 0 aromatic carbocycles. The molecule has 0 aliphatic rings. The summed E-state index contributed by atoms with van der Waals surface area (Å²) in [5.41, 5.74) is 0. The van der Waals surface area contributed by atoms with E-state index in [0.29, 0.717) is 10.6 Å². The summed E-state index contributed by atoms with van der Waals surface area (Å²) in [7, 11) is 1.75. The fraction of sp³-hybridized carbons (Fsp3) is 0.667. The third-order valence-corrected chi connectivity index (χ3v) is 1.48. The minimum Gasteiger partial charge on any atom is -0.388 e. The predicted octanol–water partition coefficient (Wildman–Crippen LogP) is 0.996. The Balaban J connectivity index is 0.000000461. The Morgan fingerprint density at radius 2 is 2.18 bits per heavy atom. The summed E-state index contributed by atoms with van der Waals surface area (Å²) in [6.45, 7) is 3.92. The molecule has 0 fully saturated rings. The van der Waals surface area contributed by atoms with E-state index in [9.17, 15) is 0 Å². The van der Waals surface area contributed by atoms with Crippen molar-refractivity contribution in [2.45, 2.75) is 20.5 Å². The molecule has 0 aliphatic carbocycles. The predicted molar refractivity (Wildman–Crippen MR) is 45.7 cm³/mol. The van der Waals surface area contributed by atoms with Gasteiger partial charge in [0.05, 0.1) is 0 Å². The van der Waals surface area contributed by atoms with Crippen LogP contribution in [0.5, 0.6) is 0 Å². The largest absolute Gasteiger partial charge is 0.388 e. The van der Waals surface area contributed by atoms with Crippen LogP contribution in [0.2, 0.25) is 0 Å². The Morgan fingerprint density at radius 1 is 1.64 bits per heavy atom. The number of rotatable bonds is 1. The van der Waals surface area contributed by atoms with Crippen molar-refractivity contribution in [1.29, 1.82) is 0 Å². The van der Waals surface area contributed by atoms with Gasteiger partial charge in [0, 0.05) is 7.05 Å². The van der Waals surface area contributed by atoms with E-state index in [1.54, 1.807) is 11.6 Å². The summed E-state index contributed by atoms with van der Waals surface area (Å²) in [5, 5.41) is 14.9. The van der Waals surface area contributed by atoms with Crippen LogP contribution in [-0.4, -0.2) is 19.9 Å². The molecule has 5 heteroatoms. The smallest absolute Gasteiger partial charge is 0.194 e. The van der Waals surface area contributed by atoms with Gasteiger partial charge in [0.2, 0.25) is 0 Å². The lowest BCUT2D eigenvalue weighted by atomic mass is 10.6. The minimum atomic E-state index is -0.0797. The van der Waals surface area contributed by atoms with Crippen molar-refractivity contribution in [2.75, 3.05) is 0 Å². The molecule has 1 aromatic rings. The van der Waals surface area contributed by atoms with Gasteiger partial charge < -0.3 is 9.67 Å². The van der Waals surface area contributed by atoms with Gasteiger partial charge >= 0.3 is 0 Å². The lowest BCUT2D eigenvalue weighted by Crippen LogP contribution is -1.96. The molecule has 0 amide bonds. The van der Waals surface area contributed by atoms with Crippen LogP contribution in [0.15, 0.2) is 0 Å². The average molecular weight is 175 g/mol. The summed E-state index contributed by atoms with van der Waals surface area (Å²) in [6, 6.07) is 0. The molecule has 0 radical (unpaired) electrons. The highest BCUT2D eigenvalue weighted by Crippen LogP contribution is 1.91. The van der Waals surface area contributed by atoms with E-state index < -0.39 is 0 Å². The van der Waals surface area contributed by atoms with Crippen molar-refractivity contribution < 1.29 is 5.11 Å². The second-order valence-corrected chi connectivity index (χ2v) is 2.05. The van der Waals surface area contributed by atoms with Gasteiger partial charge in [-0.25, -0.2) is 0 Å². The van der Waals surface area contributed by atoms with Gasteiger partial charge in [-0.1, -0.05) is 13.8 Å². The molecule has 0 saturated carbocycles. The maximum Gasteiger partial charge on any atom is 0.194 e. The third-order valence-electron chi connectivity index (χ3n) is 1.11. The first-order valence-corrected chi connectivity index (χ1v) is 3.87. The van der Waals surface area contributed by atoms with Crippen LogP contribution in [0.25, 0.3) is 0 Å². The van der Waals surface area contributed by atoms with E-state index in [4.69, 9.17) is 17.3 Å². The normalized spacial score (nSPS) is 8.73. The zero-order chi connectivity index (χ0) is 8.85. The Morgan fingerprint density at radius 3 is 2.36 bits per heavy atom. The summed E-state index contributed by atoms with van der Waals surface area (Å²) in [5.74, 6) is 0.556. The number of nitrogens with zero attached hydrogens (tertiary/aromatic N) is 2. The number of hydrogen-bond acceptors (Lipinski definition) is 3. The van der Waals surface area contributed by atoms with E-state index in [1.807, 2.05) is 13.8 Å². The first-order chi connectivity index (χ1) is 5.25. The van der Waals surface area contributed by atoms with Crippen LogP contribution in [0.1, 0.15) is 19.7 Å². The maximum absolute atomic E-state index is 8.58. The molecule has 1 rings (SSSR count). The number of aromatic nitrogens is 3. The van der Waals surface area contributed by atoms with Crippen LogP contribution in [0.3, 0.4) is 0 Å². The summed E-state index contributed by atoms with van der Waals surface area (Å²) in [4.78, 5) is 0. The molecule has 4 nitrogen and oxygen atoms in total. The number of nitrogens with one attached hydrogen (secondary N) is 1. The standard InChI is InChI=1S/C4H7N3OS.C2H6/c1-7-3(2-8)5-6-4(7)9;1-2/h8H,2H2,1H3,(H,6,9);1-2H3. The zero-order valence-corrected chi connectivity index (χ0v) is 7.77. The Bertz CT molecular complexity index is 253. The number of hydrogen-bond donors (Lipinski definition) is 2. The zero-order valence-electron chi connectivity index (χ0n) is 6.96. The van der Waals surface area contributed by atoms with Gasteiger partial charge in [0.15, 0.2) is 10.6 Å². The van der Waals surface area contributed by atoms with Crippen LogP contribution in [0, 0.1) is 4.77 Å². The van der Waals surface area contributed by atoms with Gasteiger partial charge in [-0.3, -0.25) is 5.10 Å². The molecule has 1 aromatic heterocycles. The van der Waals surface area contributed by atoms with Crippen molar-refractivity contribution in [3.63, 3.8) is 0 Å². The van der Waals surface area contributed by atoms with Crippen molar-refractivity contribution >= 4 is 12.2 Å². The first kappa shape index (κ1) is 10.3. The molecule has 0 spiro atoms. The van der Waals surface area contributed by atoms with Gasteiger partial charge in [-0.2, -0.15) is 5.10 Å². The number of aliphatic hydroxyl groups excluding tert-OH is 1. The fourth-order valence-electron chi connectivity index (χ4n) is 0.521. The topological polar surface area (TPSA) is 53.8 Å². The highest BCUT2D eigenvalue weighted by molar-refractivity contribution is 7.71. The Hall–Kier alpha value is -0.680. The summed E-state index contributed by atoms with van der Waals surface area (Å²) < 4.78 is 2.15. The third kappa shape index (κ3) is 2.44. The summed E-state index contributed by atoms with van der Waals surface area (Å²) in [6.07, 6.45) is 0. The highest BCUT2D eigenvalue weighted by Gasteiger charge is 1.96.